The molecule has 0 bridgehead atoms. The van der Waals surface area contributed by atoms with E-state index in [-0.39, 0.29) is 12.4 Å². The zero-order valence-electron chi connectivity index (χ0n) is 14.1. The Balaban J connectivity index is 0.00000484. The molecule has 0 saturated carbocycles. The fourth-order valence-electron chi connectivity index (χ4n) is 2.65. The largest absolute Gasteiger partial charge is 1.00 e. The summed E-state index contributed by atoms with van der Waals surface area (Å²) in [5, 5.41) is 0. The number of rotatable bonds is 14. The Bertz CT molecular complexity index is 424. The lowest BCUT2D eigenvalue weighted by atomic mass is 10.1. The number of unbranched alkanes of at least 4 members (excludes halogenated alkanes) is 8. The molecule has 0 aliphatic rings. The third kappa shape index (κ3) is 11.9. The summed E-state index contributed by atoms with van der Waals surface area (Å²) < 4.78 is 2.28. The van der Waals surface area contributed by atoms with Crippen LogP contribution in [-0.2, 0) is 22.6 Å². The van der Waals surface area contributed by atoms with Crippen LogP contribution in [0.4, 0.5) is 0 Å². The number of aryl methyl sites for hydroxylation is 2. The van der Waals surface area contributed by atoms with Crippen LogP contribution in [-0.4, -0.2) is 12.6 Å². The topological polar surface area (TPSA) is 38.0 Å². The molecule has 0 amide bonds. The van der Waals surface area contributed by atoms with Gasteiger partial charge in [-0.1, -0.05) is 19.3 Å². The van der Waals surface area contributed by atoms with E-state index in [1.54, 1.807) is 0 Å². The van der Waals surface area contributed by atoms with Crippen molar-refractivity contribution in [3.8, 4) is 0 Å². The van der Waals surface area contributed by atoms with Crippen molar-refractivity contribution in [3.63, 3.8) is 0 Å². The average Bonchev–Trinajstić information content (AvgIpc) is 2.54. The standard InChI is InChI=1S/C19H30NO2.ClH/c21-16-9-5-2-1-4-8-14-20-15-11-13-19(18-20)12-7-3-6-10-17-22;/h11,13,15-18H,1-10,12,14H2;1H/q+1;/p-1. The minimum Gasteiger partial charge on any atom is -1.00 e. The van der Waals surface area contributed by atoms with Gasteiger partial charge in [-0.3, -0.25) is 0 Å². The predicted octanol–water partition coefficient (Wildman–Crippen LogP) is 0.819. The SMILES string of the molecule is O=CCCCCCCC[n+]1cccc(CCCCCC=O)c1.[Cl-]. The van der Waals surface area contributed by atoms with E-state index in [1.807, 2.05) is 0 Å². The van der Waals surface area contributed by atoms with Gasteiger partial charge in [-0.25, -0.2) is 4.57 Å². The number of pyridine rings is 1. The van der Waals surface area contributed by atoms with Gasteiger partial charge in [0.15, 0.2) is 12.4 Å². The number of aldehydes is 2. The van der Waals surface area contributed by atoms with Gasteiger partial charge in [0.25, 0.3) is 0 Å². The van der Waals surface area contributed by atoms with Crippen molar-refractivity contribution >= 4 is 12.6 Å². The molecule has 0 aliphatic heterocycles. The zero-order chi connectivity index (χ0) is 15.9. The summed E-state index contributed by atoms with van der Waals surface area (Å²) in [5.74, 6) is 0. The maximum Gasteiger partial charge on any atom is 0.171 e. The molecule has 1 aromatic rings. The van der Waals surface area contributed by atoms with Crippen LogP contribution in [0, 0.1) is 0 Å². The monoisotopic (exact) mass is 339 g/mol. The highest BCUT2D eigenvalue weighted by molar-refractivity contribution is 5.49. The maximum absolute atomic E-state index is 10.3. The summed E-state index contributed by atoms with van der Waals surface area (Å²) in [6.45, 7) is 1.08. The fourth-order valence-corrected chi connectivity index (χ4v) is 2.65. The Morgan fingerprint density at radius 1 is 0.826 bits per heavy atom. The minimum absolute atomic E-state index is 0. The molecule has 23 heavy (non-hydrogen) atoms. The van der Waals surface area contributed by atoms with E-state index in [4.69, 9.17) is 0 Å². The van der Waals surface area contributed by atoms with Crippen LogP contribution in [0.15, 0.2) is 24.5 Å². The molecule has 0 atom stereocenters. The summed E-state index contributed by atoms with van der Waals surface area (Å²) in [7, 11) is 0. The van der Waals surface area contributed by atoms with E-state index >= 15 is 0 Å². The first kappa shape index (κ1) is 21.8. The summed E-state index contributed by atoms with van der Waals surface area (Å²) in [6, 6.07) is 4.32. The first-order valence-corrected chi connectivity index (χ1v) is 8.72. The van der Waals surface area contributed by atoms with Gasteiger partial charge in [-0.2, -0.15) is 0 Å². The molecule has 1 rings (SSSR count). The van der Waals surface area contributed by atoms with Crippen molar-refractivity contribution in [2.45, 2.75) is 77.2 Å². The van der Waals surface area contributed by atoms with Crippen LogP contribution in [0.1, 0.15) is 69.8 Å². The Hall–Kier alpha value is -1.22. The molecule has 4 heteroatoms. The molecule has 0 saturated heterocycles. The molecule has 1 heterocycles. The Morgan fingerprint density at radius 2 is 1.43 bits per heavy atom. The lowest BCUT2D eigenvalue weighted by Crippen LogP contribution is -3.00. The highest BCUT2D eigenvalue weighted by atomic mass is 35.5. The van der Waals surface area contributed by atoms with Gasteiger partial charge >= 0.3 is 0 Å². The predicted molar refractivity (Wildman–Crippen MR) is 88.6 cm³/mol. The van der Waals surface area contributed by atoms with Crippen molar-refractivity contribution in [3.05, 3.63) is 30.1 Å². The van der Waals surface area contributed by atoms with E-state index in [2.05, 4.69) is 29.1 Å². The number of nitrogens with zero attached hydrogens (tertiary/aromatic N) is 1. The van der Waals surface area contributed by atoms with E-state index < -0.39 is 0 Å². The Kier molecular flexibility index (Phi) is 14.8. The molecule has 0 spiro atoms. The van der Waals surface area contributed by atoms with Gasteiger partial charge in [-0.15, -0.1) is 0 Å². The number of aromatic nitrogens is 1. The second-order valence-corrected chi connectivity index (χ2v) is 5.94. The van der Waals surface area contributed by atoms with Gasteiger partial charge in [0.1, 0.15) is 19.1 Å². The molecule has 130 valence electrons. The molecule has 1 aromatic heterocycles. The lowest BCUT2D eigenvalue weighted by Gasteiger charge is -2.02. The first-order valence-electron chi connectivity index (χ1n) is 8.72. The lowest BCUT2D eigenvalue weighted by molar-refractivity contribution is -0.697. The van der Waals surface area contributed by atoms with E-state index in [9.17, 15) is 9.59 Å². The molecule has 3 nitrogen and oxygen atoms in total. The van der Waals surface area contributed by atoms with Crippen LogP contribution in [0.2, 0.25) is 0 Å². The highest BCUT2D eigenvalue weighted by Crippen LogP contribution is 2.07. The van der Waals surface area contributed by atoms with Crippen LogP contribution >= 0.6 is 0 Å². The van der Waals surface area contributed by atoms with Gasteiger partial charge in [0, 0.05) is 30.9 Å². The molecular weight excluding hydrogens is 310 g/mol. The molecular formula is C19H30ClNO2. The number of carbonyl (C=O) groups is 2. The van der Waals surface area contributed by atoms with Crippen LogP contribution in [0.3, 0.4) is 0 Å². The Morgan fingerprint density at radius 3 is 2.13 bits per heavy atom. The van der Waals surface area contributed by atoms with E-state index in [1.165, 1.54) is 31.2 Å². The maximum atomic E-state index is 10.3. The number of hydrogen-bond donors (Lipinski definition) is 0. The quantitative estimate of drug-likeness (QED) is 0.286. The minimum atomic E-state index is 0. The summed E-state index contributed by atoms with van der Waals surface area (Å²) >= 11 is 0. The van der Waals surface area contributed by atoms with Crippen LogP contribution < -0.4 is 17.0 Å². The zero-order valence-corrected chi connectivity index (χ0v) is 14.8. The molecule has 0 N–H and O–H groups in total. The third-order valence-electron chi connectivity index (χ3n) is 3.95. The van der Waals surface area contributed by atoms with Crippen molar-refractivity contribution in [2.24, 2.45) is 0 Å². The second kappa shape index (κ2) is 15.7. The van der Waals surface area contributed by atoms with Crippen LogP contribution in [0.5, 0.6) is 0 Å². The normalized spacial score (nSPS) is 10.1. The van der Waals surface area contributed by atoms with Crippen LogP contribution in [0.25, 0.3) is 0 Å². The van der Waals surface area contributed by atoms with Gasteiger partial charge in [0.2, 0.25) is 0 Å². The summed E-state index contributed by atoms with van der Waals surface area (Å²) in [5.41, 5.74) is 1.39. The molecule has 0 aromatic carbocycles. The first-order chi connectivity index (χ1) is 10.9. The van der Waals surface area contributed by atoms with Crippen molar-refractivity contribution < 1.29 is 26.6 Å². The molecule has 0 unspecified atom stereocenters. The van der Waals surface area contributed by atoms with Crippen molar-refractivity contribution in [2.75, 3.05) is 0 Å². The molecule has 0 radical (unpaired) electrons. The number of halogens is 1. The van der Waals surface area contributed by atoms with Gasteiger partial charge < -0.3 is 22.0 Å². The van der Waals surface area contributed by atoms with Crippen molar-refractivity contribution in [1.29, 1.82) is 0 Å². The summed E-state index contributed by atoms with van der Waals surface area (Å²) in [4.78, 5) is 20.5. The highest BCUT2D eigenvalue weighted by Gasteiger charge is 2.03. The average molecular weight is 340 g/mol. The van der Waals surface area contributed by atoms with E-state index in [0.717, 1.165) is 51.2 Å². The Labute approximate surface area is 146 Å². The van der Waals surface area contributed by atoms with Crippen molar-refractivity contribution in [1.82, 2.24) is 0 Å². The third-order valence-corrected chi connectivity index (χ3v) is 3.95. The van der Waals surface area contributed by atoms with Gasteiger partial charge in [0.05, 0.1) is 0 Å². The summed E-state index contributed by atoms with van der Waals surface area (Å²) in [6.07, 6.45) is 18.1. The molecule has 0 fully saturated rings. The molecule has 0 aliphatic carbocycles. The van der Waals surface area contributed by atoms with Gasteiger partial charge in [-0.05, 0) is 38.2 Å². The van der Waals surface area contributed by atoms with E-state index in [0.29, 0.717) is 12.8 Å². The smallest absolute Gasteiger partial charge is 0.171 e. The number of hydrogen-bond acceptors (Lipinski definition) is 2. The second-order valence-electron chi connectivity index (χ2n) is 5.94. The fraction of sp³-hybridized carbons (Fsp3) is 0.632. The number of carbonyl (C=O) groups excluding carboxylic acids is 2.